The van der Waals surface area contributed by atoms with Gasteiger partial charge in [-0.3, -0.25) is 0 Å². The molecule has 0 aliphatic heterocycles. The van der Waals surface area contributed by atoms with Gasteiger partial charge in [0.05, 0.1) is 5.69 Å². The summed E-state index contributed by atoms with van der Waals surface area (Å²) in [4.78, 5) is 0. The quantitative estimate of drug-likeness (QED) is 0.104. The summed E-state index contributed by atoms with van der Waals surface area (Å²) < 4.78 is 0. The first-order valence-electron chi connectivity index (χ1n) is 21.9. The lowest BCUT2D eigenvalue weighted by Crippen LogP contribution is -2.15. The van der Waals surface area contributed by atoms with E-state index in [4.69, 9.17) is 10.8 Å². The Morgan fingerprint density at radius 1 is 0.355 bits per heavy atom. The molecule has 3 aliphatic carbocycles. The number of aryl methyl sites for hydroxylation is 1. The third-order valence-electron chi connectivity index (χ3n) is 14.7. The molecule has 0 fully saturated rings. The van der Waals surface area contributed by atoms with Crippen LogP contribution in [0.15, 0.2) is 164 Å². The Morgan fingerprint density at radius 3 is 1.26 bits per heavy atom. The van der Waals surface area contributed by atoms with Crippen molar-refractivity contribution in [2.45, 2.75) is 64.7 Å². The molecular weight excluding hydrogens is 751 g/mol. The average Bonchev–Trinajstić information content (AvgIpc) is 3.75. The third kappa shape index (κ3) is 5.35. The maximum Gasteiger partial charge on any atom is 0.138 e. The van der Waals surface area contributed by atoms with Crippen molar-refractivity contribution in [3.63, 3.8) is 0 Å². The number of nitrogens with two attached hydrogens (primary N) is 1. The van der Waals surface area contributed by atoms with Crippen LogP contribution in [0.1, 0.15) is 80.5 Å². The number of nitrogen functional groups attached to an aromatic ring is 1. The van der Waals surface area contributed by atoms with Crippen LogP contribution in [0.25, 0.3) is 77.2 Å². The van der Waals surface area contributed by atoms with Gasteiger partial charge < -0.3 is 10.8 Å². The summed E-state index contributed by atoms with van der Waals surface area (Å²) in [5.41, 5.74) is 28.6. The number of aromatic hydroxyl groups is 1. The van der Waals surface area contributed by atoms with Gasteiger partial charge in [0, 0.05) is 16.2 Å². The zero-order valence-corrected chi connectivity index (χ0v) is 36.6. The second-order valence-electron chi connectivity index (χ2n) is 19.3. The predicted octanol–water partition coefficient (Wildman–Crippen LogP) is 15.5. The molecule has 0 heterocycles. The Labute approximate surface area is 365 Å². The zero-order valence-electron chi connectivity index (χ0n) is 36.6. The van der Waals surface area contributed by atoms with Gasteiger partial charge in [-0.1, -0.05) is 174 Å². The van der Waals surface area contributed by atoms with Crippen molar-refractivity contribution in [2.75, 3.05) is 5.73 Å². The van der Waals surface area contributed by atoms with E-state index < -0.39 is 0 Å². The highest BCUT2D eigenvalue weighted by atomic mass is 16.3. The van der Waals surface area contributed by atoms with Gasteiger partial charge in [0.15, 0.2) is 0 Å². The van der Waals surface area contributed by atoms with Gasteiger partial charge in [-0.05, 0) is 154 Å². The number of hydrogen-bond donors (Lipinski definition) is 2. The van der Waals surface area contributed by atoms with Crippen molar-refractivity contribution in [3.05, 3.63) is 203 Å². The summed E-state index contributed by atoms with van der Waals surface area (Å²) in [5.74, 6) is 0.146. The number of hydrogen-bond acceptors (Lipinski definition) is 2. The van der Waals surface area contributed by atoms with Crippen LogP contribution in [0, 0.1) is 6.92 Å². The zero-order chi connectivity index (χ0) is 42.9. The van der Waals surface area contributed by atoms with Crippen LogP contribution < -0.4 is 5.73 Å². The lowest BCUT2D eigenvalue weighted by atomic mass is 9.77. The van der Waals surface area contributed by atoms with Gasteiger partial charge in [0.1, 0.15) is 5.75 Å². The summed E-state index contributed by atoms with van der Waals surface area (Å²) in [6.45, 7) is 16.6. The third-order valence-corrected chi connectivity index (χ3v) is 14.7. The fourth-order valence-electron chi connectivity index (χ4n) is 11.4. The van der Waals surface area contributed by atoms with Crippen molar-refractivity contribution in [1.82, 2.24) is 0 Å². The molecule has 0 bridgehead atoms. The van der Waals surface area contributed by atoms with E-state index in [1.807, 2.05) is 0 Å². The molecule has 0 spiro atoms. The van der Waals surface area contributed by atoms with E-state index in [1.165, 1.54) is 116 Å². The van der Waals surface area contributed by atoms with Crippen molar-refractivity contribution >= 4 is 27.2 Å². The largest absolute Gasteiger partial charge is 0.506 e. The van der Waals surface area contributed by atoms with Crippen molar-refractivity contribution in [1.29, 1.82) is 0 Å². The molecule has 62 heavy (non-hydrogen) atoms. The number of benzene rings is 9. The predicted molar refractivity (Wildman–Crippen MR) is 262 cm³/mol. The van der Waals surface area contributed by atoms with E-state index >= 15 is 0 Å². The van der Waals surface area contributed by atoms with Crippen LogP contribution >= 0.6 is 0 Å². The maximum atomic E-state index is 8.79. The van der Waals surface area contributed by atoms with Crippen molar-refractivity contribution in [2.24, 2.45) is 0 Å². The molecule has 0 atom stereocenters. The van der Waals surface area contributed by atoms with Crippen LogP contribution in [0.5, 0.6) is 5.75 Å². The maximum absolute atomic E-state index is 8.79. The van der Waals surface area contributed by atoms with Gasteiger partial charge >= 0.3 is 0 Å². The molecule has 12 rings (SSSR count). The van der Waals surface area contributed by atoms with Crippen LogP contribution in [0.3, 0.4) is 0 Å². The Kier molecular flexibility index (Phi) is 8.16. The van der Waals surface area contributed by atoms with E-state index in [-0.39, 0.29) is 22.0 Å². The smallest absolute Gasteiger partial charge is 0.138 e. The van der Waals surface area contributed by atoms with E-state index in [0.29, 0.717) is 5.69 Å². The molecule has 302 valence electrons. The van der Waals surface area contributed by atoms with Crippen molar-refractivity contribution < 1.29 is 5.11 Å². The fourth-order valence-corrected chi connectivity index (χ4v) is 11.4. The van der Waals surface area contributed by atoms with Gasteiger partial charge in [0.2, 0.25) is 0 Å². The summed E-state index contributed by atoms with van der Waals surface area (Å²) in [7, 11) is 0. The minimum atomic E-state index is -0.107. The first kappa shape index (κ1) is 38.1. The summed E-state index contributed by atoms with van der Waals surface area (Å²) in [5, 5.41) is 14.1. The SMILES string of the molecule is Cc1ccc2c(-c3ccc4c(c3)C(C)(C)c3ccccc3-4)c3cc4c(cc3c(-c3ccc5c(c3)C(C)(C)c3ccccc3-5)c2c1)C(C)(C)c1ccccc1-4.Nc1ccccc1O. The highest BCUT2D eigenvalue weighted by Crippen LogP contribution is 2.56. The van der Waals surface area contributed by atoms with E-state index in [9.17, 15) is 0 Å². The van der Waals surface area contributed by atoms with Crippen LogP contribution in [-0.2, 0) is 16.2 Å². The van der Waals surface area contributed by atoms with Gasteiger partial charge in [-0.15, -0.1) is 0 Å². The number of para-hydroxylation sites is 2. The molecule has 9 aromatic rings. The first-order chi connectivity index (χ1) is 29.8. The second-order valence-corrected chi connectivity index (χ2v) is 19.3. The minimum Gasteiger partial charge on any atom is -0.506 e. The van der Waals surface area contributed by atoms with E-state index in [1.54, 1.807) is 24.3 Å². The molecule has 0 saturated heterocycles. The highest BCUT2D eigenvalue weighted by Gasteiger charge is 2.39. The molecule has 0 saturated carbocycles. The fraction of sp³-hybridized carbons (Fsp3) is 0.167. The summed E-state index contributed by atoms with van der Waals surface area (Å²) in [6.07, 6.45) is 0. The number of anilines is 1. The van der Waals surface area contributed by atoms with E-state index in [0.717, 1.165) is 0 Å². The molecule has 0 radical (unpaired) electrons. The lowest BCUT2D eigenvalue weighted by Gasteiger charge is -2.25. The average molecular weight is 802 g/mol. The minimum absolute atomic E-state index is 0.0803. The normalized spacial score (nSPS) is 15.2. The monoisotopic (exact) mass is 801 g/mol. The number of phenols is 1. The summed E-state index contributed by atoms with van der Waals surface area (Å²) >= 11 is 0. The summed E-state index contributed by atoms with van der Waals surface area (Å²) in [6, 6.07) is 60.6. The number of fused-ring (bicyclic) bond motifs is 11. The lowest BCUT2D eigenvalue weighted by molar-refractivity contribution is 0.478. The molecule has 0 amide bonds. The van der Waals surface area contributed by atoms with Crippen LogP contribution in [-0.4, -0.2) is 5.11 Å². The van der Waals surface area contributed by atoms with Gasteiger partial charge in [0.25, 0.3) is 0 Å². The Hall–Kier alpha value is -6.90. The van der Waals surface area contributed by atoms with Gasteiger partial charge in [-0.2, -0.15) is 0 Å². The molecular formula is C60H51NO. The highest BCUT2D eigenvalue weighted by molar-refractivity contribution is 6.23. The van der Waals surface area contributed by atoms with Crippen molar-refractivity contribution in [3.8, 4) is 61.4 Å². The molecule has 2 heteroatoms. The van der Waals surface area contributed by atoms with Gasteiger partial charge in [-0.25, -0.2) is 0 Å². The number of phenolic OH excluding ortho intramolecular Hbond substituents is 1. The topological polar surface area (TPSA) is 46.2 Å². The molecule has 2 nitrogen and oxygen atoms in total. The van der Waals surface area contributed by atoms with Crippen LogP contribution in [0.4, 0.5) is 5.69 Å². The Morgan fingerprint density at radius 2 is 0.758 bits per heavy atom. The van der Waals surface area contributed by atoms with E-state index in [2.05, 4.69) is 188 Å². The first-order valence-corrected chi connectivity index (χ1v) is 21.9. The number of rotatable bonds is 2. The standard InChI is InChI=1S/C54H44.C6H7NO/c1-31-20-23-39-41(26-31)51(33-22-25-38-35-15-9-12-18-45(35)53(4,5)48(38)28-33)43-30-49-40(36-16-10-13-19-46(36)54(49,6)7)29-42(43)50(39)32-21-24-37-34-14-8-11-17-44(34)52(2,3)47(37)27-32;7-5-3-1-2-4-6(5)8/h8-30H,1-7H3;1-4,8H,7H2. The molecule has 3 aliphatic rings. The van der Waals surface area contributed by atoms with Crippen LogP contribution in [0.2, 0.25) is 0 Å². The second kappa shape index (κ2) is 13.3. The molecule has 9 aromatic carbocycles. The molecule has 0 aromatic heterocycles. The molecule has 3 N–H and O–H groups in total. The molecule has 0 unspecified atom stereocenters. The Balaban J connectivity index is 0.000000489. The Bertz CT molecular complexity index is 3340.